The van der Waals surface area contributed by atoms with E-state index in [2.05, 4.69) is 29.9 Å². The standard InChI is InChI=1S/C26H25N3O2/c1-15-11-19(13-25(31-4)16(15)2)17(3)18-9-10-23-20(12-18)21(14-28-23)26(30)29-24-8-6-5-7-22(24)27/h5-14,28H,3,27H2,1-2,4H3,(H,29,30). The molecule has 0 aliphatic carbocycles. The van der Waals surface area contributed by atoms with Crippen LogP contribution in [0.2, 0.25) is 0 Å². The number of amides is 1. The van der Waals surface area contributed by atoms with Gasteiger partial charge in [-0.3, -0.25) is 4.79 Å². The van der Waals surface area contributed by atoms with Crippen LogP contribution in [-0.4, -0.2) is 18.0 Å². The summed E-state index contributed by atoms with van der Waals surface area (Å²) in [6, 6.07) is 17.2. The summed E-state index contributed by atoms with van der Waals surface area (Å²) in [6.07, 6.45) is 1.71. The number of anilines is 2. The van der Waals surface area contributed by atoms with Crippen LogP contribution in [0.15, 0.2) is 67.4 Å². The molecule has 4 aromatic rings. The Bertz CT molecular complexity index is 1320. The van der Waals surface area contributed by atoms with E-state index in [9.17, 15) is 4.79 Å². The van der Waals surface area contributed by atoms with Gasteiger partial charge in [0.05, 0.1) is 24.0 Å². The van der Waals surface area contributed by atoms with E-state index in [1.807, 2.05) is 43.3 Å². The number of benzene rings is 3. The maximum Gasteiger partial charge on any atom is 0.257 e. The topological polar surface area (TPSA) is 80.1 Å². The number of hydrogen-bond acceptors (Lipinski definition) is 3. The highest BCUT2D eigenvalue weighted by molar-refractivity contribution is 6.14. The van der Waals surface area contributed by atoms with Crippen molar-refractivity contribution in [2.24, 2.45) is 0 Å². The number of aromatic amines is 1. The second kappa shape index (κ2) is 8.03. The van der Waals surface area contributed by atoms with Crippen LogP contribution in [0.25, 0.3) is 16.5 Å². The van der Waals surface area contributed by atoms with E-state index < -0.39 is 0 Å². The van der Waals surface area contributed by atoms with Crippen molar-refractivity contribution >= 4 is 33.8 Å². The van der Waals surface area contributed by atoms with Crippen molar-refractivity contribution in [3.05, 3.63) is 95.2 Å². The molecule has 0 radical (unpaired) electrons. The van der Waals surface area contributed by atoms with Crippen LogP contribution >= 0.6 is 0 Å². The summed E-state index contributed by atoms with van der Waals surface area (Å²) in [4.78, 5) is 16.1. The predicted molar refractivity (Wildman–Crippen MR) is 128 cm³/mol. The molecule has 1 heterocycles. The van der Waals surface area contributed by atoms with Crippen LogP contribution in [-0.2, 0) is 0 Å². The minimum atomic E-state index is -0.222. The van der Waals surface area contributed by atoms with Crippen molar-refractivity contribution in [1.82, 2.24) is 4.98 Å². The lowest BCUT2D eigenvalue weighted by molar-refractivity contribution is 0.102. The Labute approximate surface area is 181 Å². The third-order valence-corrected chi connectivity index (χ3v) is 5.67. The van der Waals surface area contributed by atoms with Crippen LogP contribution < -0.4 is 15.8 Å². The van der Waals surface area contributed by atoms with Crippen LogP contribution in [0.5, 0.6) is 5.75 Å². The lowest BCUT2D eigenvalue weighted by Crippen LogP contribution is -2.12. The Balaban J connectivity index is 1.70. The Morgan fingerprint density at radius 1 is 1.06 bits per heavy atom. The maximum absolute atomic E-state index is 12.9. The van der Waals surface area contributed by atoms with E-state index in [-0.39, 0.29) is 5.91 Å². The van der Waals surface area contributed by atoms with Gasteiger partial charge < -0.3 is 20.8 Å². The lowest BCUT2D eigenvalue weighted by atomic mass is 9.94. The Hall–Kier alpha value is -3.99. The number of aromatic nitrogens is 1. The number of ether oxygens (including phenoxy) is 1. The summed E-state index contributed by atoms with van der Waals surface area (Å²) in [5.74, 6) is 0.610. The summed E-state index contributed by atoms with van der Waals surface area (Å²) >= 11 is 0. The van der Waals surface area contributed by atoms with Crippen molar-refractivity contribution < 1.29 is 9.53 Å². The van der Waals surface area contributed by atoms with Crippen molar-refractivity contribution in [2.75, 3.05) is 18.2 Å². The average molecular weight is 412 g/mol. The molecular formula is C26H25N3O2. The number of hydrogen-bond donors (Lipinski definition) is 3. The molecule has 4 rings (SSSR count). The zero-order chi connectivity index (χ0) is 22.1. The van der Waals surface area contributed by atoms with Crippen molar-refractivity contribution in [1.29, 1.82) is 0 Å². The number of H-pyrrole nitrogens is 1. The smallest absolute Gasteiger partial charge is 0.257 e. The molecule has 156 valence electrons. The van der Waals surface area contributed by atoms with Gasteiger partial charge in [0.1, 0.15) is 5.75 Å². The van der Waals surface area contributed by atoms with Gasteiger partial charge in [-0.05, 0) is 72.0 Å². The first kappa shape index (κ1) is 20.3. The predicted octanol–water partition coefficient (Wildman–Crippen LogP) is 5.69. The summed E-state index contributed by atoms with van der Waals surface area (Å²) < 4.78 is 5.52. The van der Waals surface area contributed by atoms with E-state index in [0.29, 0.717) is 16.9 Å². The fraction of sp³-hybridized carbons (Fsp3) is 0.115. The monoisotopic (exact) mass is 411 g/mol. The molecule has 0 aliphatic rings. The molecule has 0 saturated heterocycles. The van der Waals surface area contributed by atoms with Gasteiger partial charge >= 0.3 is 0 Å². The van der Waals surface area contributed by atoms with Crippen LogP contribution in [0.1, 0.15) is 32.6 Å². The first-order valence-electron chi connectivity index (χ1n) is 10.0. The van der Waals surface area contributed by atoms with Crippen LogP contribution in [0.4, 0.5) is 11.4 Å². The summed E-state index contributed by atoms with van der Waals surface area (Å²) in [7, 11) is 1.67. The third kappa shape index (κ3) is 3.78. The van der Waals surface area contributed by atoms with Crippen molar-refractivity contribution in [2.45, 2.75) is 13.8 Å². The second-order valence-corrected chi connectivity index (χ2v) is 7.60. The molecule has 0 atom stereocenters. The fourth-order valence-corrected chi connectivity index (χ4v) is 3.68. The number of carbonyl (C=O) groups excluding carboxylic acids is 1. The average Bonchev–Trinajstić information content (AvgIpc) is 3.20. The molecule has 1 aromatic heterocycles. The zero-order valence-electron chi connectivity index (χ0n) is 17.9. The molecular weight excluding hydrogens is 386 g/mol. The molecule has 0 saturated carbocycles. The molecule has 31 heavy (non-hydrogen) atoms. The highest BCUT2D eigenvalue weighted by Crippen LogP contribution is 2.32. The van der Waals surface area contributed by atoms with Gasteiger partial charge in [0.15, 0.2) is 0 Å². The third-order valence-electron chi connectivity index (χ3n) is 5.67. The maximum atomic E-state index is 12.9. The summed E-state index contributed by atoms with van der Waals surface area (Å²) in [6.45, 7) is 8.40. The fourth-order valence-electron chi connectivity index (χ4n) is 3.68. The van der Waals surface area contributed by atoms with E-state index in [4.69, 9.17) is 10.5 Å². The Kier molecular flexibility index (Phi) is 5.26. The highest BCUT2D eigenvalue weighted by atomic mass is 16.5. The number of nitrogen functional groups attached to an aromatic ring is 1. The molecule has 3 aromatic carbocycles. The summed E-state index contributed by atoms with van der Waals surface area (Å²) in [5, 5.41) is 3.71. The first-order chi connectivity index (χ1) is 14.9. The molecule has 0 spiro atoms. The molecule has 5 nitrogen and oxygen atoms in total. The minimum Gasteiger partial charge on any atom is -0.496 e. The number of fused-ring (bicyclic) bond motifs is 1. The van der Waals surface area contributed by atoms with Gasteiger partial charge in [-0.25, -0.2) is 0 Å². The molecule has 4 N–H and O–H groups in total. The van der Waals surface area contributed by atoms with Gasteiger partial charge in [-0.1, -0.05) is 30.8 Å². The van der Waals surface area contributed by atoms with Gasteiger partial charge in [0.2, 0.25) is 0 Å². The Morgan fingerprint density at radius 2 is 1.84 bits per heavy atom. The SMILES string of the molecule is C=C(c1cc(C)c(C)c(OC)c1)c1ccc2[nH]cc(C(=O)Nc3ccccc3N)c2c1. The molecule has 0 aliphatic heterocycles. The van der Waals surface area contributed by atoms with E-state index in [1.165, 1.54) is 0 Å². The lowest BCUT2D eigenvalue weighted by Gasteiger charge is -2.13. The number of methoxy groups -OCH3 is 1. The van der Waals surface area contributed by atoms with Crippen molar-refractivity contribution in [3.8, 4) is 5.75 Å². The van der Waals surface area contributed by atoms with E-state index in [0.717, 1.165) is 44.5 Å². The number of para-hydroxylation sites is 2. The second-order valence-electron chi connectivity index (χ2n) is 7.60. The highest BCUT2D eigenvalue weighted by Gasteiger charge is 2.15. The molecule has 0 unspecified atom stereocenters. The quantitative estimate of drug-likeness (QED) is 0.369. The van der Waals surface area contributed by atoms with Crippen LogP contribution in [0, 0.1) is 13.8 Å². The molecule has 0 bridgehead atoms. The zero-order valence-corrected chi connectivity index (χ0v) is 17.9. The van der Waals surface area contributed by atoms with Gasteiger partial charge in [0, 0.05) is 17.1 Å². The number of carbonyl (C=O) groups is 1. The van der Waals surface area contributed by atoms with Crippen LogP contribution in [0.3, 0.4) is 0 Å². The molecule has 5 heteroatoms. The van der Waals surface area contributed by atoms with E-state index >= 15 is 0 Å². The minimum absolute atomic E-state index is 0.222. The van der Waals surface area contributed by atoms with E-state index in [1.54, 1.807) is 25.4 Å². The Morgan fingerprint density at radius 3 is 2.58 bits per heavy atom. The van der Waals surface area contributed by atoms with Crippen molar-refractivity contribution in [3.63, 3.8) is 0 Å². The number of aryl methyl sites for hydroxylation is 1. The number of nitrogens with two attached hydrogens (primary N) is 1. The van der Waals surface area contributed by atoms with Gasteiger partial charge in [-0.2, -0.15) is 0 Å². The summed E-state index contributed by atoms with van der Waals surface area (Å²) in [5.41, 5.74) is 13.5. The number of rotatable bonds is 5. The van der Waals surface area contributed by atoms with Gasteiger partial charge in [0.25, 0.3) is 5.91 Å². The largest absolute Gasteiger partial charge is 0.496 e. The molecule has 0 fully saturated rings. The normalized spacial score (nSPS) is 10.8. The molecule has 1 amide bonds. The number of nitrogens with one attached hydrogen (secondary N) is 2. The first-order valence-corrected chi connectivity index (χ1v) is 10.0. The van der Waals surface area contributed by atoms with Gasteiger partial charge in [-0.15, -0.1) is 0 Å².